The van der Waals surface area contributed by atoms with Crippen LogP contribution in [0.4, 0.5) is 4.39 Å². The van der Waals surface area contributed by atoms with E-state index in [1.54, 1.807) is 0 Å². The van der Waals surface area contributed by atoms with Gasteiger partial charge in [-0.1, -0.05) is 0 Å². The number of primary amides is 1. The van der Waals surface area contributed by atoms with Gasteiger partial charge in [0.1, 0.15) is 6.04 Å². The summed E-state index contributed by atoms with van der Waals surface area (Å²) in [5.41, 5.74) is 10.2. The monoisotopic (exact) mass is 205 g/mol. The third-order valence-electron chi connectivity index (χ3n) is 1.94. The largest absolute Gasteiger partial charge is 0.480 e. The van der Waals surface area contributed by atoms with Crippen LogP contribution in [0.1, 0.15) is 19.3 Å². The lowest BCUT2D eigenvalue weighted by Gasteiger charge is -2.14. The smallest absolute Gasteiger partial charge is 0.320 e. The second kappa shape index (κ2) is 6.31. The van der Waals surface area contributed by atoms with Crippen LogP contribution >= 0.6 is 0 Å². The molecule has 0 heterocycles. The van der Waals surface area contributed by atoms with Crippen molar-refractivity contribution in [3.8, 4) is 0 Å². The zero-order valence-electron chi connectivity index (χ0n) is 7.78. The minimum absolute atomic E-state index is 0.0370. The Morgan fingerprint density at radius 3 is 2.36 bits per heavy atom. The van der Waals surface area contributed by atoms with Gasteiger partial charge in [0, 0.05) is 5.92 Å². The predicted octanol–water partition coefficient (Wildman–Crippen LogP) is -0.360. The molecule has 0 fully saturated rings. The Morgan fingerprint density at radius 1 is 1.43 bits per heavy atom. The minimum Gasteiger partial charge on any atom is -0.480 e. The number of amides is 1. The zero-order chi connectivity index (χ0) is 11.1. The third kappa shape index (κ3) is 4.76. The van der Waals surface area contributed by atoms with Gasteiger partial charge in [-0.3, -0.25) is 14.0 Å². The highest BCUT2D eigenvalue weighted by atomic mass is 18.2. The molecule has 0 bridgehead atoms. The second-order valence-corrected chi connectivity index (χ2v) is 3.11. The van der Waals surface area contributed by atoms with Crippen molar-refractivity contribution in [3.05, 3.63) is 0 Å². The Morgan fingerprint density at radius 2 is 2.00 bits per heavy atom. The van der Waals surface area contributed by atoms with Crippen molar-refractivity contribution < 1.29 is 19.1 Å². The number of hydrogen-bond donors (Lipinski definition) is 3. The summed E-state index contributed by atoms with van der Waals surface area (Å²) in [6, 6.07) is -1.12. The van der Waals surface area contributed by atoms with Crippen LogP contribution in [-0.4, -0.2) is 29.7 Å². The molecule has 1 amide bonds. The van der Waals surface area contributed by atoms with E-state index in [0.717, 1.165) is 0 Å². The normalized spacial score (nSPS) is 14.7. The summed E-state index contributed by atoms with van der Waals surface area (Å²) < 4.78 is 11.8. The van der Waals surface area contributed by atoms with Crippen molar-refractivity contribution in [1.29, 1.82) is 0 Å². The van der Waals surface area contributed by atoms with E-state index >= 15 is 0 Å². The van der Waals surface area contributed by atoms with Gasteiger partial charge in [-0.15, -0.1) is 0 Å². The molecule has 0 aromatic heterocycles. The maximum absolute atomic E-state index is 11.8. The quantitative estimate of drug-likeness (QED) is 0.527. The van der Waals surface area contributed by atoms with Gasteiger partial charge >= 0.3 is 5.97 Å². The molecular formula is C8H15FN2O3. The summed E-state index contributed by atoms with van der Waals surface area (Å²) in [6.07, 6.45) is 0.400. The lowest BCUT2D eigenvalue weighted by Crippen LogP contribution is -2.36. The first-order chi connectivity index (χ1) is 6.49. The molecule has 0 rings (SSSR count). The first kappa shape index (κ1) is 12.8. The maximum Gasteiger partial charge on any atom is 0.320 e. The molecule has 0 saturated heterocycles. The van der Waals surface area contributed by atoms with Crippen molar-refractivity contribution in [2.24, 2.45) is 17.4 Å². The number of nitrogens with two attached hydrogens (primary N) is 2. The number of carbonyl (C=O) groups is 2. The van der Waals surface area contributed by atoms with Crippen molar-refractivity contribution in [2.75, 3.05) is 6.67 Å². The van der Waals surface area contributed by atoms with Crippen LogP contribution in [0.15, 0.2) is 0 Å². The van der Waals surface area contributed by atoms with Crippen LogP contribution in [0.5, 0.6) is 0 Å². The molecule has 0 spiro atoms. The summed E-state index contributed by atoms with van der Waals surface area (Å²) in [7, 11) is 0. The first-order valence-electron chi connectivity index (χ1n) is 4.32. The van der Waals surface area contributed by atoms with Crippen LogP contribution in [0.2, 0.25) is 0 Å². The minimum atomic E-state index is -1.18. The molecule has 0 aliphatic carbocycles. The lowest BCUT2D eigenvalue weighted by atomic mass is 9.95. The Labute approximate surface area is 81.3 Å². The number of carboxylic acid groups (broad SMARTS) is 1. The fourth-order valence-corrected chi connectivity index (χ4v) is 1.11. The SMILES string of the molecule is NC(=O)[C@@H](CCC[18F])CC(N)C(=O)O. The number of aliphatic carboxylic acids is 1. The number of rotatable bonds is 7. The van der Waals surface area contributed by atoms with Gasteiger partial charge in [-0.2, -0.15) is 0 Å². The second-order valence-electron chi connectivity index (χ2n) is 3.11. The van der Waals surface area contributed by atoms with Crippen molar-refractivity contribution in [1.82, 2.24) is 0 Å². The molecule has 1 unspecified atom stereocenters. The van der Waals surface area contributed by atoms with Gasteiger partial charge in [-0.05, 0) is 19.3 Å². The van der Waals surface area contributed by atoms with E-state index in [2.05, 4.69) is 0 Å². The van der Waals surface area contributed by atoms with E-state index < -0.39 is 30.5 Å². The van der Waals surface area contributed by atoms with Gasteiger partial charge in [-0.25, -0.2) is 0 Å². The number of carbonyl (C=O) groups excluding carboxylic acids is 1. The Hall–Kier alpha value is -1.17. The molecule has 5 nitrogen and oxygen atoms in total. The summed E-state index contributed by atoms with van der Waals surface area (Å²) >= 11 is 0. The van der Waals surface area contributed by atoms with Gasteiger partial charge in [0.25, 0.3) is 0 Å². The highest BCUT2D eigenvalue weighted by Gasteiger charge is 2.22. The van der Waals surface area contributed by atoms with Gasteiger partial charge in [0.2, 0.25) is 5.91 Å². The topological polar surface area (TPSA) is 106 Å². The summed E-state index contributed by atoms with van der Waals surface area (Å²) in [6.45, 7) is -0.550. The van der Waals surface area contributed by atoms with Crippen molar-refractivity contribution in [3.63, 3.8) is 0 Å². The predicted molar refractivity (Wildman–Crippen MR) is 48.1 cm³/mol. The molecule has 6 heteroatoms. The summed E-state index contributed by atoms with van der Waals surface area (Å²) in [4.78, 5) is 21.2. The third-order valence-corrected chi connectivity index (χ3v) is 1.94. The fraction of sp³-hybridized carbons (Fsp3) is 0.750. The number of hydrogen-bond acceptors (Lipinski definition) is 3. The molecule has 0 aliphatic heterocycles. The molecule has 0 aliphatic rings. The Kier molecular flexibility index (Phi) is 5.78. The molecule has 0 aromatic rings. The lowest BCUT2D eigenvalue weighted by molar-refractivity contribution is -0.139. The van der Waals surface area contributed by atoms with E-state index in [1.165, 1.54) is 0 Å². The summed E-state index contributed by atoms with van der Waals surface area (Å²) in [5, 5.41) is 8.49. The van der Waals surface area contributed by atoms with E-state index in [-0.39, 0.29) is 19.3 Å². The number of carboxylic acids is 1. The van der Waals surface area contributed by atoms with Crippen LogP contribution in [0.3, 0.4) is 0 Å². The molecule has 82 valence electrons. The average Bonchev–Trinajstić information content (AvgIpc) is 2.10. The fourth-order valence-electron chi connectivity index (χ4n) is 1.11. The van der Waals surface area contributed by atoms with Crippen LogP contribution in [0, 0.1) is 5.92 Å². The van der Waals surface area contributed by atoms with Crippen LogP contribution in [0.25, 0.3) is 0 Å². The van der Waals surface area contributed by atoms with Gasteiger partial charge < -0.3 is 16.6 Å². The highest BCUT2D eigenvalue weighted by molar-refractivity contribution is 5.79. The highest BCUT2D eigenvalue weighted by Crippen LogP contribution is 2.12. The number of alkyl halides is 1. The van der Waals surface area contributed by atoms with Crippen molar-refractivity contribution in [2.45, 2.75) is 25.3 Å². The Bertz CT molecular complexity index is 211. The van der Waals surface area contributed by atoms with Gasteiger partial charge in [0.15, 0.2) is 0 Å². The average molecular weight is 205 g/mol. The molecule has 5 N–H and O–H groups in total. The Balaban J connectivity index is 4.08. The maximum atomic E-state index is 11.8. The van der Waals surface area contributed by atoms with Crippen LogP contribution in [-0.2, 0) is 9.59 Å². The van der Waals surface area contributed by atoms with E-state index in [1.807, 2.05) is 0 Å². The molecule has 0 saturated carbocycles. The van der Waals surface area contributed by atoms with Crippen molar-refractivity contribution >= 4 is 11.9 Å². The molecule has 0 aromatic carbocycles. The molecule has 2 atom stereocenters. The number of halogens is 1. The zero-order valence-corrected chi connectivity index (χ0v) is 7.78. The van der Waals surface area contributed by atoms with Crippen LogP contribution < -0.4 is 11.5 Å². The standard InChI is InChI=1S/C8H15FN2O3/c9-3-1-2-5(7(11)12)4-6(10)8(13)14/h5-6H,1-4,10H2,(H2,11,12)(H,13,14)/t5-,6?/m0/s1/i9-1. The van der Waals surface area contributed by atoms with E-state index in [0.29, 0.717) is 0 Å². The van der Waals surface area contributed by atoms with E-state index in [4.69, 9.17) is 16.6 Å². The van der Waals surface area contributed by atoms with Gasteiger partial charge in [0.05, 0.1) is 6.67 Å². The summed E-state index contributed by atoms with van der Waals surface area (Å²) in [5.74, 6) is -2.47. The molecule has 0 radical (unpaired) electrons. The molecular weight excluding hydrogens is 190 g/mol. The first-order valence-corrected chi connectivity index (χ1v) is 4.32. The van der Waals surface area contributed by atoms with E-state index in [9.17, 15) is 14.0 Å². The molecule has 14 heavy (non-hydrogen) atoms.